The van der Waals surface area contributed by atoms with Crippen molar-refractivity contribution in [1.82, 2.24) is 24.9 Å². The molecule has 1 amide bonds. The minimum absolute atomic E-state index is 0.0668. The lowest BCUT2D eigenvalue weighted by atomic mass is 9.77. The second kappa shape index (κ2) is 10.1. The summed E-state index contributed by atoms with van der Waals surface area (Å²) in [6.07, 6.45) is 6.57. The third-order valence-corrected chi connectivity index (χ3v) is 6.96. The minimum atomic E-state index is -1.63. The maximum atomic E-state index is 14.3. The van der Waals surface area contributed by atoms with Gasteiger partial charge in [0, 0.05) is 36.3 Å². The van der Waals surface area contributed by atoms with E-state index in [1.807, 2.05) is 32.0 Å². The molecule has 3 heterocycles. The number of pyridine rings is 1. The number of aromatic nitrogens is 4. The van der Waals surface area contributed by atoms with Crippen LogP contribution in [0.5, 0.6) is 0 Å². The van der Waals surface area contributed by atoms with E-state index < -0.39 is 23.3 Å². The molecule has 9 nitrogen and oxygen atoms in total. The number of alkyl halides is 1. The zero-order valence-corrected chi connectivity index (χ0v) is 21.2. The number of halogens is 1. The number of nitrogens with one attached hydrogen (secondary N) is 2. The highest BCUT2D eigenvalue weighted by atomic mass is 19.1. The Morgan fingerprint density at radius 1 is 1.19 bits per heavy atom. The van der Waals surface area contributed by atoms with Gasteiger partial charge in [0.15, 0.2) is 5.65 Å². The number of anilines is 1. The Kier molecular flexibility index (Phi) is 7.28. The zero-order chi connectivity index (χ0) is 26.1. The van der Waals surface area contributed by atoms with Gasteiger partial charge in [0.25, 0.3) is 5.91 Å². The Morgan fingerprint density at radius 2 is 1.92 bits per heavy atom. The number of rotatable bonds is 8. The van der Waals surface area contributed by atoms with Crippen molar-refractivity contribution in [3.63, 3.8) is 0 Å². The number of nitrogens with zero attached hydrogens (tertiary/aromatic N) is 4. The van der Waals surface area contributed by atoms with Gasteiger partial charge in [0.1, 0.15) is 17.6 Å². The van der Waals surface area contributed by atoms with Crippen LogP contribution in [0.15, 0.2) is 36.8 Å². The van der Waals surface area contributed by atoms with Gasteiger partial charge in [0.05, 0.1) is 23.4 Å². The molecule has 3 aromatic rings. The summed E-state index contributed by atoms with van der Waals surface area (Å²) >= 11 is 0. The summed E-state index contributed by atoms with van der Waals surface area (Å²) < 4.78 is 15.9. The first kappa shape index (κ1) is 26.0. The molecule has 0 aromatic carbocycles. The van der Waals surface area contributed by atoms with Gasteiger partial charge in [-0.05, 0) is 71.4 Å². The first-order chi connectivity index (χ1) is 16.9. The van der Waals surface area contributed by atoms with E-state index >= 15 is 0 Å². The number of aliphatic hydroxyl groups is 2. The van der Waals surface area contributed by atoms with Crippen LogP contribution in [0, 0.1) is 5.92 Å². The lowest BCUT2D eigenvalue weighted by molar-refractivity contribution is -0.00183. The highest BCUT2D eigenvalue weighted by Gasteiger charge is 2.32. The molecule has 1 saturated carbocycles. The molecule has 1 aliphatic carbocycles. The molecule has 3 aromatic heterocycles. The summed E-state index contributed by atoms with van der Waals surface area (Å²) in [5.41, 5.74) is -0.0435. The molecule has 4 rings (SSSR count). The molecular weight excluding hydrogens is 463 g/mol. The monoisotopic (exact) mass is 498 g/mol. The normalized spacial score (nSPS) is 19.8. The fourth-order valence-electron chi connectivity index (χ4n) is 4.56. The molecule has 1 atom stereocenters. The van der Waals surface area contributed by atoms with Crippen molar-refractivity contribution in [2.45, 2.75) is 76.8 Å². The van der Waals surface area contributed by atoms with Gasteiger partial charge in [-0.25, -0.2) is 9.37 Å². The molecular formula is C26H35FN6O3. The Bertz CT molecular complexity index is 1190. The maximum Gasteiger partial charge on any atom is 0.256 e. The first-order valence-electron chi connectivity index (χ1n) is 12.4. The standard InChI is InChI=1S/C26H35FN6O3/c1-25(2,35)17-7-9-18(10-8-17)31-23-19(24(34)30-15-21(27)26(3,4)36)14-29-22-12-20(32-33(22)23)16-6-5-11-28-13-16/h5-6,11-14,17-18,21,31,35-36H,7-10,15H2,1-4H3,(H,30,34)/t17-,18-,21-/m1/s1. The fourth-order valence-corrected chi connectivity index (χ4v) is 4.56. The SMILES string of the molecule is CC(C)(O)[C@H](F)CNC(=O)c1cnc2cc(-c3cccnc3)nn2c1N[C@H]1CC[C@H](C(C)(C)O)CC1. The molecule has 4 N–H and O–H groups in total. The van der Waals surface area contributed by atoms with E-state index in [-0.39, 0.29) is 24.1 Å². The summed E-state index contributed by atoms with van der Waals surface area (Å²) in [7, 11) is 0. The first-order valence-corrected chi connectivity index (χ1v) is 12.4. The van der Waals surface area contributed by atoms with Gasteiger partial charge in [-0.2, -0.15) is 9.61 Å². The quantitative estimate of drug-likeness (QED) is 0.375. The second-order valence-corrected chi connectivity index (χ2v) is 10.7. The summed E-state index contributed by atoms with van der Waals surface area (Å²) in [5.74, 6) is 0.168. The van der Waals surface area contributed by atoms with Crippen LogP contribution in [-0.2, 0) is 0 Å². The Labute approximate surface area is 210 Å². The van der Waals surface area contributed by atoms with Crippen LogP contribution in [0.4, 0.5) is 10.2 Å². The lowest BCUT2D eigenvalue weighted by Gasteiger charge is -2.36. The van der Waals surface area contributed by atoms with E-state index in [9.17, 15) is 19.4 Å². The average molecular weight is 499 g/mol. The molecule has 0 unspecified atom stereocenters. The number of hydrogen-bond donors (Lipinski definition) is 4. The highest BCUT2D eigenvalue weighted by molar-refractivity contribution is 5.99. The molecule has 0 bridgehead atoms. The van der Waals surface area contributed by atoms with Crippen molar-refractivity contribution in [1.29, 1.82) is 0 Å². The van der Waals surface area contributed by atoms with Gasteiger partial charge in [0.2, 0.25) is 0 Å². The topological polar surface area (TPSA) is 125 Å². The van der Waals surface area contributed by atoms with Crippen molar-refractivity contribution in [3.8, 4) is 11.3 Å². The van der Waals surface area contributed by atoms with Gasteiger partial charge in [-0.3, -0.25) is 9.78 Å². The van der Waals surface area contributed by atoms with E-state index in [1.165, 1.54) is 20.0 Å². The number of amides is 1. The molecule has 0 aliphatic heterocycles. The third-order valence-electron chi connectivity index (χ3n) is 6.96. The third kappa shape index (κ3) is 5.82. The van der Waals surface area contributed by atoms with Crippen molar-refractivity contribution in [3.05, 3.63) is 42.4 Å². The molecule has 10 heteroatoms. The van der Waals surface area contributed by atoms with E-state index in [2.05, 4.69) is 20.6 Å². The zero-order valence-electron chi connectivity index (χ0n) is 21.2. The average Bonchev–Trinajstić information content (AvgIpc) is 3.27. The summed E-state index contributed by atoms with van der Waals surface area (Å²) in [5, 5.41) is 31.0. The van der Waals surface area contributed by atoms with E-state index in [1.54, 1.807) is 16.9 Å². The lowest BCUT2D eigenvalue weighted by Crippen LogP contribution is -2.42. The highest BCUT2D eigenvalue weighted by Crippen LogP contribution is 2.34. The predicted octanol–water partition coefficient (Wildman–Crippen LogP) is 3.37. The van der Waals surface area contributed by atoms with Gasteiger partial charge in [-0.15, -0.1) is 0 Å². The largest absolute Gasteiger partial charge is 0.390 e. The Morgan fingerprint density at radius 3 is 2.53 bits per heavy atom. The van der Waals surface area contributed by atoms with E-state index in [4.69, 9.17) is 5.10 Å². The number of hydrogen-bond acceptors (Lipinski definition) is 7. The Balaban J connectivity index is 1.64. The predicted molar refractivity (Wildman–Crippen MR) is 135 cm³/mol. The van der Waals surface area contributed by atoms with Crippen LogP contribution in [0.25, 0.3) is 16.9 Å². The Hall–Kier alpha value is -3.11. The van der Waals surface area contributed by atoms with Crippen LogP contribution < -0.4 is 10.6 Å². The minimum Gasteiger partial charge on any atom is -0.390 e. The molecule has 36 heavy (non-hydrogen) atoms. The number of carbonyl (C=O) groups excluding carboxylic acids is 1. The molecule has 0 saturated heterocycles. The summed E-state index contributed by atoms with van der Waals surface area (Å²) in [6.45, 7) is 6.07. The maximum absolute atomic E-state index is 14.3. The summed E-state index contributed by atoms with van der Waals surface area (Å²) in [4.78, 5) is 21.7. The molecule has 0 spiro atoms. The summed E-state index contributed by atoms with van der Waals surface area (Å²) in [6, 6.07) is 5.60. The van der Waals surface area contributed by atoms with Gasteiger partial charge >= 0.3 is 0 Å². The molecule has 0 radical (unpaired) electrons. The van der Waals surface area contributed by atoms with Crippen molar-refractivity contribution >= 4 is 17.4 Å². The van der Waals surface area contributed by atoms with Crippen LogP contribution >= 0.6 is 0 Å². The van der Waals surface area contributed by atoms with Crippen molar-refractivity contribution in [2.24, 2.45) is 5.92 Å². The second-order valence-electron chi connectivity index (χ2n) is 10.7. The van der Waals surface area contributed by atoms with Crippen LogP contribution in [0.3, 0.4) is 0 Å². The molecule has 1 aliphatic rings. The molecule has 1 fully saturated rings. The van der Waals surface area contributed by atoms with Crippen LogP contribution in [-0.4, -0.2) is 65.7 Å². The van der Waals surface area contributed by atoms with Crippen LogP contribution in [0.1, 0.15) is 63.7 Å². The van der Waals surface area contributed by atoms with Crippen molar-refractivity contribution < 1.29 is 19.4 Å². The smallest absolute Gasteiger partial charge is 0.256 e. The van der Waals surface area contributed by atoms with Crippen molar-refractivity contribution in [2.75, 3.05) is 11.9 Å². The van der Waals surface area contributed by atoms with Crippen LogP contribution in [0.2, 0.25) is 0 Å². The number of fused-ring (bicyclic) bond motifs is 1. The van der Waals surface area contributed by atoms with E-state index in [0.717, 1.165) is 31.2 Å². The molecule has 194 valence electrons. The van der Waals surface area contributed by atoms with E-state index in [0.29, 0.717) is 17.2 Å². The fraction of sp³-hybridized carbons (Fsp3) is 0.538. The van der Waals surface area contributed by atoms with Gasteiger partial charge < -0.3 is 20.8 Å². The number of carbonyl (C=O) groups is 1. The van der Waals surface area contributed by atoms with Gasteiger partial charge in [-0.1, -0.05) is 0 Å².